The van der Waals surface area contributed by atoms with E-state index >= 15 is 0 Å². The van der Waals surface area contributed by atoms with Gasteiger partial charge in [-0.05, 0) is 61.0 Å². The van der Waals surface area contributed by atoms with Crippen LogP contribution in [0.25, 0.3) is 42.9 Å². The number of amides is 2. The van der Waals surface area contributed by atoms with Crippen LogP contribution >= 0.6 is 22.7 Å². The number of aromatic nitrogens is 2. The zero-order chi connectivity index (χ0) is 28.8. The summed E-state index contributed by atoms with van der Waals surface area (Å²) in [6.45, 7) is 4.93. The van der Waals surface area contributed by atoms with E-state index in [1.807, 2.05) is 119 Å². The second-order valence-corrected chi connectivity index (χ2v) is 12.6. The van der Waals surface area contributed by atoms with Crippen molar-refractivity contribution in [3.8, 4) is 21.1 Å². The molecule has 1 saturated heterocycles. The Balaban J connectivity index is 1.21. The molecule has 208 valence electrons. The molecule has 2 unspecified atom stereocenters. The average molecular weight is 589 g/mol. The van der Waals surface area contributed by atoms with E-state index in [1.165, 1.54) is 0 Å². The number of thiophene rings is 2. The third kappa shape index (κ3) is 4.66. The van der Waals surface area contributed by atoms with E-state index in [-0.39, 0.29) is 23.9 Å². The molecule has 0 radical (unpaired) electrons. The van der Waals surface area contributed by atoms with Gasteiger partial charge in [0.2, 0.25) is 0 Å². The molecule has 5 heterocycles. The van der Waals surface area contributed by atoms with E-state index in [0.29, 0.717) is 24.2 Å². The molecule has 1 fully saturated rings. The summed E-state index contributed by atoms with van der Waals surface area (Å²) in [6.07, 6.45) is 0. The number of carbonyl (C=O) groups is 2. The van der Waals surface area contributed by atoms with Crippen molar-refractivity contribution in [2.75, 3.05) is 13.1 Å². The normalized spacial score (nSPS) is 17.2. The second-order valence-electron chi connectivity index (χ2n) is 10.7. The van der Waals surface area contributed by atoms with Gasteiger partial charge in [0.1, 0.15) is 0 Å². The van der Waals surface area contributed by atoms with Crippen molar-refractivity contribution in [1.82, 2.24) is 19.8 Å². The van der Waals surface area contributed by atoms with Crippen molar-refractivity contribution < 1.29 is 9.59 Å². The number of carbonyl (C=O) groups excluding carboxylic acids is 2. The lowest BCUT2D eigenvalue weighted by atomic mass is 10.0. The predicted molar refractivity (Wildman–Crippen MR) is 171 cm³/mol. The molecule has 7 rings (SSSR count). The Morgan fingerprint density at radius 1 is 0.643 bits per heavy atom. The van der Waals surface area contributed by atoms with E-state index in [0.717, 1.165) is 42.9 Å². The van der Waals surface area contributed by atoms with E-state index in [1.54, 1.807) is 22.7 Å². The molecule has 42 heavy (non-hydrogen) atoms. The third-order valence-electron chi connectivity index (χ3n) is 7.95. The number of hydrogen-bond donors (Lipinski definition) is 0. The van der Waals surface area contributed by atoms with Crippen LogP contribution in [0.3, 0.4) is 0 Å². The number of pyridine rings is 2. The lowest BCUT2D eigenvalue weighted by Crippen LogP contribution is -2.59. The predicted octanol–water partition coefficient (Wildman–Crippen LogP) is 7.62. The van der Waals surface area contributed by atoms with Crippen LogP contribution in [0.1, 0.15) is 34.6 Å². The van der Waals surface area contributed by atoms with Gasteiger partial charge < -0.3 is 9.80 Å². The summed E-state index contributed by atoms with van der Waals surface area (Å²) in [5.74, 6) is -0.0700. The van der Waals surface area contributed by atoms with Gasteiger partial charge in [-0.25, -0.2) is 9.97 Å². The van der Waals surface area contributed by atoms with Gasteiger partial charge in [0.15, 0.2) is 0 Å². The van der Waals surface area contributed by atoms with Crippen molar-refractivity contribution in [2.45, 2.75) is 25.9 Å². The zero-order valence-corrected chi connectivity index (χ0v) is 24.9. The number of para-hydroxylation sites is 2. The summed E-state index contributed by atoms with van der Waals surface area (Å²) in [7, 11) is 0. The zero-order valence-electron chi connectivity index (χ0n) is 23.2. The Labute approximate surface area is 251 Å². The molecule has 0 aliphatic carbocycles. The van der Waals surface area contributed by atoms with Gasteiger partial charge in [-0.1, -0.05) is 48.5 Å². The highest BCUT2D eigenvalue weighted by atomic mass is 32.1. The Bertz CT molecular complexity index is 1790. The smallest absolute Gasteiger partial charge is 0.254 e. The first kappa shape index (κ1) is 26.5. The van der Waals surface area contributed by atoms with Crippen molar-refractivity contribution in [3.05, 3.63) is 107 Å². The van der Waals surface area contributed by atoms with Gasteiger partial charge in [-0.2, -0.15) is 0 Å². The molecule has 0 N–H and O–H groups in total. The number of nitrogens with zero attached hydrogens (tertiary/aromatic N) is 4. The molecule has 2 aromatic carbocycles. The van der Waals surface area contributed by atoms with Crippen LogP contribution in [0.4, 0.5) is 0 Å². The lowest BCUT2D eigenvalue weighted by Gasteiger charge is -2.44. The fourth-order valence-electron chi connectivity index (χ4n) is 5.81. The molecule has 2 atom stereocenters. The fraction of sp³-hybridized carbons (Fsp3) is 0.176. The van der Waals surface area contributed by atoms with Crippen molar-refractivity contribution in [3.63, 3.8) is 0 Å². The first-order valence-corrected chi connectivity index (χ1v) is 15.7. The van der Waals surface area contributed by atoms with E-state index in [4.69, 9.17) is 9.97 Å². The number of fused-ring (bicyclic) bond motifs is 2. The van der Waals surface area contributed by atoms with Gasteiger partial charge in [0.05, 0.1) is 43.3 Å². The van der Waals surface area contributed by atoms with Crippen molar-refractivity contribution >= 4 is 56.3 Å². The summed E-state index contributed by atoms with van der Waals surface area (Å²) >= 11 is 3.22. The largest absolute Gasteiger partial charge is 0.332 e. The molecule has 6 nitrogen and oxygen atoms in total. The highest BCUT2D eigenvalue weighted by molar-refractivity contribution is 7.13. The van der Waals surface area contributed by atoms with Gasteiger partial charge in [-0.15, -0.1) is 22.7 Å². The fourth-order valence-corrected chi connectivity index (χ4v) is 7.18. The molecule has 6 aromatic rings. The summed E-state index contributed by atoms with van der Waals surface area (Å²) < 4.78 is 0. The van der Waals surface area contributed by atoms with Crippen LogP contribution in [0.2, 0.25) is 0 Å². The molecule has 1 aliphatic heterocycles. The molecular weight excluding hydrogens is 561 g/mol. The molecule has 0 spiro atoms. The quantitative estimate of drug-likeness (QED) is 0.213. The maximum absolute atomic E-state index is 14.2. The summed E-state index contributed by atoms with van der Waals surface area (Å²) in [5, 5.41) is 5.71. The number of piperazine rings is 1. The molecule has 8 heteroatoms. The van der Waals surface area contributed by atoms with Gasteiger partial charge in [0.25, 0.3) is 11.8 Å². The first-order valence-electron chi connectivity index (χ1n) is 14.0. The third-order valence-corrected chi connectivity index (χ3v) is 9.73. The summed E-state index contributed by atoms with van der Waals surface area (Å²) in [6, 6.07) is 27.1. The highest BCUT2D eigenvalue weighted by Gasteiger charge is 2.36. The maximum atomic E-state index is 14.2. The molecule has 1 aliphatic rings. The standard InChI is InChI=1S/C34H28N4O2S2/c1-21-19-38(34(40)26-18-30(32-14-8-16-42-32)36-28-12-6-4-10-24(26)28)22(2)20-37(21)33(39)25-17-29(31-13-7-15-41-31)35-27-11-5-3-9-23(25)27/h3-18,21-22H,19-20H2,1-2H3. The van der Waals surface area contributed by atoms with Crippen LogP contribution in [0, 0.1) is 0 Å². The summed E-state index contributed by atoms with van der Waals surface area (Å²) in [5.41, 5.74) is 4.48. The molecule has 4 aromatic heterocycles. The maximum Gasteiger partial charge on any atom is 0.254 e. The Morgan fingerprint density at radius 3 is 1.48 bits per heavy atom. The Hall–Kier alpha value is -4.40. The van der Waals surface area contributed by atoms with Crippen LogP contribution in [-0.4, -0.2) is 56.8 Å². The minimum atomic E-state index is -0.167. The van der Waals surface area contributed by atoms with Crippen molar-refractivity contribution in [2.24, 2.45) is 0 Å². The number of hydrogen-bond acceptors (Lipinski definition) is 6. The van der Waals surface area contributed by atoms with Gasteiger partial charge >= 0.3 is 0 Å². The van der Waals surface area contributed by atoms with Gasteiger partial charge in [0, 0.05) is 35.9 Å². The van der Waals surface area contributed by atoms with Crippen molar-refractivity contribution in [1.29, 1.82) is 0 Å². The average Bonchev–Trinajstić information content (AvgIpc) is 3.76. The minimum absolute atomic E-state index is 0.0350. The van der Waals surface area contributed by atoms with E-state index < -0.39 is 0 Å². The Kier molecular flexibility index (Phi) is 6.80. The van der Waals surface area contributed by atoms with E-state index in [2.05, 4.69) is 0 Å². The van der Waals surface area contributed by atoms with Gasteiger partial charge in [-0.3, -0.25) is 9.59 Å². The topological polar surface area (TPSA) is 66.4 Å². The number of benzene rings is 2. The monoisotopic (exact) mass is 588 g/mol. The molecule has 0 bridgehead atoms. The van der Waals surface area contributed by atoms with E-state index in [9.17, 15) is 9.59 Å². The molecular formula is C34H28N4O2S2. The SMILES string of the molecule is CC1CN(C(=O)c2cc(-c3cccs3)nc3ccccc23)C(C)CN1C(=O)c1cc(-c2cccs2)nc2ccccc12. The number of rotatable bonds is 4. The molecule has 0 saturated carbocycles. The summed E-state index contributed by atoms with van der Waals surface area (Å²) in [4.78, 5) is 43.9. The lowest BCUT2D eigenvalue weighted by molar-refractivity contribution is 0.0272. The van der Waals surface area contributed by atoms with Crippen LogP contribution < -0.4 is 0 Å². The molecule has 2 amide bonds. The van der Waals surface area contributed by atoms with Crippen LogP contribution in [-0.2, 0) is 0 Å². The second kappa shape index (κ2) is 10.8. The highest BCUT2D eigenvalue weighted by Crippen LogP contribution is 2.32. The van der Waals surface area contributed by atoms with Crippen LogP contribution in [0.15, 0.2) is 95.7 Å². The Morgan fingerprint density at radius 2 is 1.07 bits per heavy atom. The minimum Gasteiger partial charge on any atom is -0.332 e. The first-order chi connectivity index (χ1) is 20.5. The van der Waals surface area contributed by atoms with Crippen LogP contribution in [0.5, 0.6) is 0 Å².